The highest BCUT2D eigenvalue weighted by Crippen LogP contribution is 2.23. The highest BCUT2D eigenvalue weighted by molar-refractivity contribution is 9.10. The maximum Gasteiger partial charge on any atom is 0.217 e. The molecule has 17 heavy (non-hydrogen) atoms. The van der Waals surface area contributed by atoms with Crippen molar-refractivity contribution < 1.29 is 4.79 Å². The van der Waals surface area contributed by atoms with Crippen LogP contribution >= 0.6 is 28.1 Å². The predicted octanol–water partition coefficient (Wildman–Crippen LogP) is 1.76. The van der Waals surface area contributed by atoms with Crippen molar-refractivity contribution in [1.29, 1.82) is 0 Å². The fourth-order valence-electron chi connectivity index (χ4n) is 1.30. The molecule has 5 N–H and O–H groups in total. The molecule has 1 rings (SSSR count). The van der Waals surface area contributed by atoms with Crippen LogP contribution in [0.2, 0.25) is 0 Å². The third-order valence-corrected chi connectivity index (χ3v) is 3.06. The Morgan fingerprint density at radius 1 is 1.41 bits per heavy atom. The molecule has 0 aliphatic rings. The second kappa shape index (κ2) is 6.56. The van der Waals surface area contributed by atoms with Gasteiger partial charge in [-0.05, 0) is 40.5 Å². The molecule has 0 aromatic heterocycles. The molecule has 0 aliphatic heterocycles. The first-order valence-electron chi connectivity index (χ1n) is 5.12. The van der Waals surface area contributed by atoms with Crippen LogP contribution in [0, 0.1) is 0 Å². The lowest BCUT2D eigenvalue weighted by molar-refractivity contribution is -0.118. The smallest absolute Gasteiger partial charge is 0.217 e. The molecule has 0 atom stereocenters. The van der Waals surface area contributed by atoms with Gasteiger partial charge in [-0.25, -0.2) is 0 Å². The van der Waals surface area contributed by atoms with E-state index >= 15 is 0 Å². The van der Waals surface area contributed by atoms with Gasteiger partial charge in [-0.2, -0.15) is 0 Å². The Morgan fingerprint density at radius 2 is 2.12 bits per heavy atom. The molecular formula is C11H14BrN3OS. The molecule has 0 bridgehead atoms. The molecular weight excluding hydrogens is 302 g/mol. The van der Waals surface area contributed by atoms with E-state index in [1.807, 2.05) is 18.2 Å². The van der Waals surface area contributed by atoms with Crippen molar-refractivity contribution in [3.8, 4) is 0 Å². The van der Waals surface area contributed by atoms with Gasteiger partial charge in [0.05, 0.1) is 0 Å². The van der Waals surface area contributed by atoms with E-state index in [0.717, 1.165) is 15.7 Å². The fraction of sp³-hybridized carbons (Fsp3) is 0.273. The van der Waals surface area contributed by atoms with Gasteiger partial charge in [-0.1, -0.05) is 12.2 Å². The van der Waals surface area contributed by atoms with Crippen molar-refractivity contribution >= 4 is 44.7 Å². The average Bonchev–Trinajstić information content (AvgIpc) is 2.25. The number of primary amides is 1. The van der Waals surface area contributed by atoms with E-state index in [1.54, 1.807) is 0 Å². The summed E-state index contributed by atoms with van der Waals surface area (Å²) in [6.07, 6.45) is 1.09. The molecule has 0 saturated carbocycles. The summed E-state index contributed by atoms with van der Waals surface area (Å²) < 4.78 is 0.891. The Morgan fingerprint density at radius 3 is 2.65 bits per heavy atom. The molecule has 0 spiro atoms. The van der Waals surface area contributed by atoms with Crippen molar-refractivity contribution in [1.82, 2.24) is 0 Å². The molecule has 4 nitrogen and oxygen atoms in total. The lowest BCUT2D eigenvalue weighted by Crippen LogP contribution is -2.13. The van der Waals surface area contributed by atoms with E-state index in [-0.39, 0.29) is 5.91 Å². The third-order valence-electron chi connectivity index (χ3n) is 2.17. The number of hydrogen-bond acceptors (Lipinski definition) is 3. The Hall–Kier alpha value is -1.14. The number of rotatable bonds is 6. The number of amides is 1. The number of thiocarbonyl (C=S) groups is 1. The minimum Gasteiger partial charge on any atom is -0.389 e. The second-order valence-electron chi connectivity index (χ2n) is 3.56. The van der Waals surface area contributed by atoms with E-state index in [9.17, 15) is 4.79 Å². The second-order valence-corrected chi connectivity index (χ2v) is 4.85. The zero-order valence-electron chi connectivity index (χ0n) is 9.20. The Kier molecular flexibility index (Phi) is 5.37. The molecule has 6 heteroatoms. The van der Waals surface area contributed by atoms with Crippen LogP contribution in [0.1, 0.15) is 18.4 Å². The first-order chi connectivity index (χ1) is 8.00. The number of anilines is 1. The first kappa shape index (κ1) is 13.9. The van der Waals surface area contributed by atoms with Gasteiger partial charge in [0.1, 0.15) is 4.99 Å². The summed E-state index contributed by atoms with van der Waals surface area (Å²) in [4.78, 5) is 10.9. The summed E-state index contributed by atoms with van der Waals surface area (Å²) in [5.74, 6) is -0.283. The van der Waals surface area contributed by atoms with Gasteiger partial charge in [0.15, 0.2) is 0 Å². The summed E-state index contributed by atoms with van der Waals surface area (Å²) in [7, 11) is 0. The van der Waals surface area contributed by atoms with Gasteiger partial charge in [0.2, 0.25) is 5.91 Å². The Bertz CT molecular complexity index is 437. The highest BCUT2D eigenvalue weighted by Gasteiger charge is 2.03. The zero-order valence-corrected chi connectivity index (χ0v) is 11.6. The molecule has 0 heterocycles. The standard InChI is InChI=1S/C11H14BrN3OS/c12-8-6-7(11(14)17)3-4-9(8)15-5-1-2-10(13)16/h3-4,6,15H,1-2,5H2,(H2,13,16)(H2,14,17). The van der Waals surface area contributed by atoms with Gasteiger partial charge in [-0.3, -0.25) is 4.79 Å². The van der Waals surface area contributed by atoms with Crippen molar-refractivity contribution in [2.45, 2.75) is 12.8 Å². The fourth-order valence-corrected chi connectivity index (χ4v) is 1.94. The van der Waals surface area contributed by atoms with E-state index < -0.39 is 0 Å². The summed E-state index contributed by atoms with van der Waals surface area (Å²) in [6, 6.07) is 5.60. The maximum absolute atomic E-state index is 10.6. The largest absolute Gasteiger partial charge is 0.389 e. The third kappa shape index (κ3) is 4.70. The number of carbonyl (C=O) groups excluding carboxylic acids is 1. The lowest BCUT2D eigenvalue weighted by atomic mass is 10.2. The van der Waals surface area contributed by atoms with Gasteiger partial charge < -0.3 is 16.8 Å². The Balaban J connectivity index is 2.54. The summed E-state index contributed by atoms with van der Waals surface area (Å²) in [5.41, 5.74) is 12.3. The number of nitrogens with two attached hydrogens (primary N) is 2. The Labute approximate surface area is 114 Å². The monoisotopic (exact) mass is 315 g/mol. The first-order valence-corrected chi connectivity index (χ1v) is 6.32. The highest BCUT2D eigenvalue weighted by atomic mass is 79.9. The van der Waals surface area contributed by atoms with Crippen LogP contribution in [0.5, 0.6) is 0 Å². The van der Waals surface area contributed by atoms with Crippen molar-refractivity contribution in [3.05, 3.63) is 28.2 Å². The number of nitrogens with one attached hydrogen (secondary N) is 1. The van der Waals surface area contributed by atoms with Gasteiger partial charge in [-0.15, -0.1) is 0 Å². The number of halogens is 1. The molecule has 1 amide bonds. The van der Waals surface area contributed by atoms with E-state index in [2.05, 4.69) is 21.2 Å². The molecule has 0 aliphatic carbocycles. The minimum absolute atomic E-state index is 0.283. The average molecular weight is 316 g/mol. The SMILES string of the molecule is NC(=O)CCCNc1ccc(C(N)=S)cc1Br. The summed E-state index contributed by atoms with van der Waals surface area (Å²) in [6.45, 7) is 0.688. The van der Waals surface area contributed by atoms with Crippen LogP contribution < -0.4 is 16.8 Å². The molecule has 0 unspecified atom stereocenters. The van der Waals surface area contributed by atoms with Crippen molar-refractivity contribution in [2.75, 3.05) is 11.9 Å². The number of hydrogen-bond donors (Lipinski definition) is 3. The molecule has 1 aromatic rings. The van der Waals surface area contributed by atoms with Gasteiger partial charge in [0, 0.05) is 28.7 Å². The van der Waals surface area contributed by atoms with Crippen LogP contribution in [0.15, 0.2) is 22.7 Å². The lowest BCUT2D eigenvalue weighted by Gasteiger charge is -2.09. The topological polar surface area (TPSA) is 81.1 Å². The minimum atomic E-state index is -0.283. The number of carbonyl (C=O) groups is 1. The van der Waals surface area contributed by atoms with E-state index in [1.165, 1.54) is 0 Å². The van der Waals surface area contributed by atoms with Crippen LogP contribution in [0.25, 0.3) is 0 Å². The molecule has 0 fully saturated rings. The van der Waals surface area contributed by atoms with Crippen molar-refractivity contribution in [3.63, 3.8) is 0 Å². The zero-order chi connectivity index (χ0) is 12.8. The number of benzene rings is 1. The summed E-state index contributed by atoms with van der Waals surface area (Å²) >= 11 is 8.31. The molecule has 1 aromatic carbocycles. The van der Waals surface area contributed by atoms with E-state index in [0.29, 0.717) is 24.4 Å². The van der Waals surface area contributed by atoms with Crippen molar-refractivity contribution in [2.24, 2.45) is 11.5 Å². The molecule has 0 saturated heterocycles. The maximum atomic E-state index is 10.6. The van der Waals surface area contributed by atoms with Crippen LogP contribution in [-0.2, 0) is 4.79 Å². The van der Waals surface area contributed by atoms with Crippen LogP contribution in [0.4, 0.5) is 5.69 Å². The molecule has 92 valence electrons. The molecule has 0 radical (unpaired) electrons. The van der Waals surface area contributed by atoms with Crippen LogP contribution in [0.3, 0.4) is 0 Å². The predicted molar refractivity (Wildman–Crippen MR) is 76.9 cm³/mol. The van der Waals surface area contributed by atoms with Gasteiger partial charge >= 0.3 is 0 Å². The van der Waals surface area contributed by atoms with Gasteiger partial charge in [0.25, 0.3) is 0 Å². The van der Waals surface area contributed by atoms with Crippen LogP contribution in [-0.4, -0.2) is 17.4 Å². The summed E-state index contributed by atoms with van der Waals surface area (Å²) in [5, 5.41) is 3.20. The normalized spacial score (nSPS) is 9.94. The van der Waals surface area contributed by atoms with E-state index in [4.69, 9.17) is 23.7 Å². The quantitative estimate of drug-likeness (QED) is 0.552.